The van der Waals surface area contributed by atoms with E-state index in [2.05, 4.69) is 17.4 Å². The van der Waals surface area contributed by atoms with Crippen molar-refractivity contribution >= 4 is 24.3 Å². The summed E-state index contributed by atoms with van der Waals surface area (Å²) in [7, 11) is 0. The molecule has 0 radical (unpaired) electrons. The Bertz CT molecular complexity index is 653. The van der Waals surface area contributed by atoms with Crippen molar-refractivity contribution in [3.05, 3.63) is 35.4 Å². The minimum Gasteiger partial charge on any atom is -0.338 e. The molecule has 2 aliphatic rings. The number of benzene rings is 1. The molecule has 2 heterocycles. The summed E-state index contributed by atoms with van der Waals surface area (Å²) >= 11 is 0. The number of nitrogens with two attached hydrogens (primary N) is 1. The Hall–Kier alpha value is -1.79. The van der Waals surface area contributed by atoms with Gasteiger partial charge in [-0.3, -0.25) is 4.79 Å². The van der Waals surface area contributed by atoms with Crippen LogP contribution in [0, 0.1) is 0 Å². The molecule has 3 rings (SSSR count). The van der Waals surface area contributed by atoms with Gasteiger partial charge < -0.3 is 20.9 Å². The molecule has 0 bridgehead atoms. The van der Waals surface area contributed by atoms with Crippen LogP contribution in [0.15, 0.2) is 24.3 Å². The first-order valence-electron chi connectivity index (χ1n) is 9.71. The summed E-state index contributed by atoms with van der Waals surface area (Å²) in [6.45, 7) is 4.47. The summed E-state index contributed by atoms with van der Waals surface area (Å²) in [6, 6.07) is 8.27. The van der Waals surface area contributed by atoms with E-state index in [4.69, 9.17) is 5.73 Å². The molecule has 1 fully saturated rings. The molecular formula is C20H31ClN4O2. The maximum Gasteiger partial charge on any atom is 0.317 e. The number of hydrogen-bond donors (Lipinski definition) is 2. The van der Waals surface area contributed by atoms with Crippen LogP contribution in [0.4, 0.5) is 4.79 Å². The van der Waals surface area contributed by atoms with Gasteiger partial charge in [0.25, 0.3) is 0 Å². The number of piperidine rings is 1. The lowest BCUT2D eigenvalue weighted by molar-refractivity contribution is -0.135. The van der Waals surface area contributed by atoms with Gasteiger partial charge in [0.2, 0.25) is 5.91 Å². The molecule has 150 valence electrons. The summed E-state index contributed by atoms with van der Waals surface area (Å²) in [4.78, 5) is 28.7. The zero-order valence-electron chi connectivity index (χ0n) is 16.0. The van der Waals surface area contributed by atoms with Gasteiger partial charge in [0, 0.05) is 44.7 Å². The predicted octanol–water partition coefficient (Wildman–Crippen LogP) is 2.29. The maximum atomic E-state index is 12.5. The predicted molar refractivity (Wildman–Crippen MR) is 109 cm³/mol. The lowest BCUT2D eigenvalue weighted by Crippen LogP contribution is -2.52. The van der Waals surface area contributed by atoms with Gasteiger partial charge in [-0.15, -0.1) is 12.4 Å². The molecular weight excluding hydrogens is 364 g/mol. The second kappa shape index (κ2) is 9.95. The highest BCUT2D eigenvalue weighted by molar-refractivity contribution is 5.85. The number of rotatable bonds is 4. The van der Waals surface area contributed by atoms with E-state index >= 15 is 0 Å². The first-order chi connectivity index (χ1) is 12.6. The summed E-state index contributed by atoms with van der Waals surface area (Å²) in [6.07, 6.45) is 4.35. The Morgan fingerprint density at radius 2 is 1.96 bits per heavy atom. The number of fused-ring (bicyclic) bond motifs is 1. The number of hydrogen-bond acceptors (Lipinski definition) is 3. The monoisotopic (exact) mass is 394 g/mol. The lowest BCUT2D eigenvalue weighted by atomic mass is 9.96. The second-order valence-electron chi connectivity index (χ2n) is 7.43. The van der Waals surface area contributed by atoms with Gasteiger partial charge in [-0.25, -0.2) is 4.79 Å². The normalized spacial score (nSPS) is 20.3. The number of nitrogens with zero attached hydrogens (tertiary/aromatic N) is 2. The highest BCUT2D eigenvalue weighted by Gasteiger charge is 2.29. The number of halogens is 1. The van der Waals surface area contributed by atoms with Crippen molar-refractivity contribution in [3.8, 4) is 0 Å². The van der Waals surface area contributed by atoms with Crippen LogP contribution in [0.2, 0.25) is 0 Å². The lowest BCUT2D eigenvalue weighted by Gasteiger charge is -2.38. The number of amides is 3. The molecule has 27 heavy (non-hydrogen) atoms. The Balaban J connectivity index is 0.00000261. The minimum atomic E-state index is -0.0882. The molecule has 2 unspecified atom stereocenters. The Kier molecular flexibility index (Phi) is 7.92. The third kappa shape index (κ3) is 5.36. The van der Waals surface area contributed by atoms with E-state index < -0.39 is 0 Å². The number of likely N-dealkylation sites (tertiary alicyclic amines) is 1. The number of nitrogens with one attached hydrogen (secondary N) is 1. The fourth-order valence-corrected chi connectivity index (χ4v) is 4.01. The van der Waals surface area contributed by atoms with Gasteiger partial charge in [-0.05, 0) is 43.7 Å². The first-order valence-corrected chi connectivity index (χ1v) is 9.71. The van der Waals surface area contributed by atoms with E-state index in [1.807, 2.05) is 28.9 Å². The van der Waals surface area contributed by atoms with Crippen LogP contribution in [0.1, 0.15) is 43.7 Å². The molecule has 1 saturated heterocycles. The van der Waals surface area contributed by atoms with Crippen LogP contribution in [-0.4, -0.2) is 53.5 Å². The highest BCUT2D eigenvalue weighted by atomic mass is 35.5. The second-order valence-corrected chi connectivity index (χ2v) is 7.43. The van der Waals surface area contributed by atoms with Crippen LogP contribution < -0.4 is 11.1 Å². The quantitative estimate of drug-likeness (QED) is 0.822. The highest BCUT2D eigenvalue weighted by Crippen LogP contribution is 2.20. The van der Waals surface area contributed by atoms with Crippen LogP contribution in [0.5, 0.6) is 0 Å². The zero-order chi connectivity index (χ0) is 18.5. The van der Waals surface area contributed by atoms with E-state index in [9.17, 15) is 9.59 Å². The van der Waals surface area contributed by atoms with E-state index in [1.165, 1.54) is 11.1 Å². The van der Waals surface area contributed by atoms with Crippen molar-refractivity contribution in [2.45, 2.75) is 57.7 Å². The van der Waals surface area contributed by atoms with Gasteiger partial charge in [0.1, 0.15) is 0 Å². The van der Waals surface area contributed by atoms with Crippen molar-refractivity contribution in [2.75, 3.05) is 19.6 Å². The molecule has 3 N–H and O–H groups in total. The van der Waals surface area contributed by atoms with E-state index in [-0.39, 0.29) is 36.4 Å². The third-order valence-electron chi connectivity index (χ3n) is 5.51. The molecule has 0 aromatic heterocycles. The van der Waals surface area contributed by atoms with Crippen LogP contribution in [-0.2, 0) is 17.8 Å². The number of carbonyl (C=O) groups excluding carboxylic acids is 2. The van der Waals surface area contributed by atoms with E-state index in [0.29, 0.717) is 19.5 Å². The summed E-state index contributed by atoms with van der Waals surface area (Å²) in [5.41, 5.74) is 8.56. The maximum absolute atomic E-state index is 12.5. The molecule has 1 aromatic carbocycles. The first kappa shape index (κ1) is 21.5. The van der Waals surface area contributed by atoms with Crippen LogP contribution >= 0.6 is 12.4 Å². The molecule has 2 aliphatic heterocycles. The van der Waals surface area contributed by atoms with Crippen molar-refractivity contribution < 1.29 is 9.59 Å². The minimum absolute atomic E-state index is 0. The van der Waals surface area contributed by atoms with E-state index in [0.717, 1.165) is 38.8 Å². The molecule has 0 aliphatic carbocycles. The average molecular weight is 395 g/mol. The smallest absolute Gasteiger partial charge is 0.317 e. The van der Waals surface area contributed by atoms with E-state index in [1.54, 1.807) is 0 Å². The Morgan fingerprint density at radius 1 is 1.22 bits per heavy atom. The molecule has 0 spiro atoms. The molecule has 1 aromatic rings. The van der Waals surface area contributed by atoms with Gasteiger partial charge in [-0.1, -0.05) is 24.3 Å². The zero-order valence-corrected chi connectivity index (χ0v) is 16.8. The van der Waals surface area contributed by atoms with Crippen LogP contribution in [0.25, 0.3) is 0 Å². The topological polar surface area (TPSA) is 78.7 Å². The van der Waals surface area contributed by atoms with Crippen molar-refractivity contribution in [2.24, 2.45) is 5.73 Å². The van der Waals surface area contributed by atoms with Crippen molar-refractivity contribution in [1.82, 2.24) is 15.1 Å². The summed E-state index contributed by atoms with van der Waals surface area (Å²) in [5.74, 6) is 0.0938. The van der Waals surface area contributed by atoms with Gasteiger partial charge in [0.15, 0.2) is 0 Å². The Labute approximate surface area is 167 Å². The number of carbonyl (C=O) groups is 2. The summed E-state index contributed by atoms with van der Waals surface area (Å²) < 4.78 is 0. The van der Waals surface area contributed by atoms with Crippen molar-refractivity contribution in [1.29, 1.82) is 0 Å². The Morgan fingerprint density at radius 3 is 2.70 bits per heavy atom. The fraction of sp³-hybridized carbons (Fsp3) is 0.600. The van der Waals surface area contributed by atoms with Crippen LogP contribution in [0.3, 0.4) is 0 Å². The molecule has 0 saturated carbocycles. The standard InChI is InChI=1S/C20H30N4O2.ClH/c1-15(21)18-8-4-5-12-24(18)19(25)9-11-22-20(26)23-13-10-16-6-2-3-7-17(16)14-23;/h2-3,6-7,15,18H,4-5,8-14,21H2,1H3,(H,22,26);1H. The molecule has 2 atom stereocenters. The van der Waals surface area contributed by atoms with Gasteiger partial charge >= 0.3 is 6.03 Å². The molecule has 7 heteroatoms. The van der Waals surface area contributed by atoms with Crippen molar-refractivity contribution in [3.63, 3.8) is 0 Å². The molecule has 6 nitrogen and oxygen atoms in total. The fourth-order valence-electron chi connectivity index (χ4n) is 4.01. The molecule has 3 amide bonds. The SMILES string of the molecule is CC(N)C1CCCCN1C(=O)CCNC(=O)N1CCc2ccccc2C1.Cl. The third-order valence-corrected chi connectivity index (χ3v) is 5.51. The number of urea groups is 1. The largest absolute Gasteiger partial charge is 0.338 e. The van der Waals surface area contributed by atoms with Gasteiger partial charge in [-0.2, -0.15) is 0 Å². The average Bonchev–Trinajstić information content (AvgIpc) is 2.67. The van der Waals surface area contributed by atoms with Gasteiger partial charge in [0.05, 0.1) is 0 Å². The summed E-state index contributed by atoms with van der Waals surface area (Å²) in [5, 5.41) is 2.91.